The molecule has 0 saturated carbocycles. The maximum Gasteiger partial charge on any atom is 0.0529 e. The first-order chi connectivity index (χ1) is 15.8. The van der Waals surface area contributed by atoms with Crippen LogP contribution in [-0.2, 0) is 0 Å². The topological polar surface area (TPSA) is 0 Å². The highest BCUT2D eigenvalue weighted by atomic mass is 32.2. The first kappa shape index (κ1) is 38.2. The van der Waals surface area contributed by atoms with E-state index in [0.29, 0.717) is 35.4 Å². The van der Waals surface area contributed by atoms with Crippen molar-refractivity contribution in [3.8, 4) is 0 Å². The van der Waals surface area contributed by atoms with E-state index >= 15 is 0 Å². The van der Waals surface area contributed by atoms with E-state index in [0.717, 1.165) is 62.6 Å². The molecule has 0 aliphatic carbocycles. The van der Waals surface area contributed by atoms with Crippen LogP contribution in [0.25, 0.3) is 0 Å². The van der Waals surface area contributed by atoms with Crippen LogP contribution in [0.2, 0.25) is 0 Å². The van der Waals surface area contributed by atoms with Crippen LogP contribution in [0.4, 0.5) is 0 Å². The van der Waals surface area contributed by atoms with Gasteiger partial charge in [0, 0.05) is 46.3 Å². The fourth-order valence-electron chi connectivity index (χ4n) is 3.19. The summed E-state index contributed by atoms with van der Waals surface area (Å²) in [4.78, 5) is 0. The number of rotatable bonds is 23. The zero-order valence-corrected chi connectivity index (χ0v) is 31.2. The fourth-order valence-corrected chi connectivity index (χ4v) is 16.1. The van der Waals surface area contributed by atoms with Gasteiger partial charge in [0.15, 0.2) is 0 Å². The average molecular weight is 736 g/mol. The molecule has 0 aromatic heterocycles. The van der Waals surface area contributed by atoms with Crippen molar-refractivity contribution in [3.05, 3.63) is 0 Å². The molecular formula is C18H38S15. The predicted octanol–water partition coefficient (Wildman–Crippen LogP) is 9.15. The molecule has 0 fully saturated rings. The van der Waals surface area contributed by atoms with Crippen LogP contribution in [0.3, 0.4) is 0 Å². The minimum Gasteiger partial charge on any atom is -0.176 e. The van der Waals surface area contributed by atoms with Gasteiger partial charge in [0.05, 0.1) is 13.7 Å². The second kappa shape index (κ2) is 26.2. The molecule has 0 radical (unpaired) electrons. The first-order valence-electron chi connectivity index (χ1n) is 10.2. The molecular weight excluding hydrogens is 697 g/mol. The number of hydrogen-bond acceptors (Lipinski definition) is 15. The Bertz CT molecular complexity index is 388. The Morgan fingerprint density at radius 1 is 0.394 bits per heavy atom. The van der Waals surface area contributed by atoms with E-state index < -0.39 is 0 Å². The highest BCUT2D eigenvalue weighted by molar-refractivity contribution is 8.24. The van der Waals surface area contributed by atoms with E-state index in [2.05, 4.69) is 75.8 Å². The summed E-state index contributed by atoms with van der Waals surface area (Å²) in [5.74, 6) is 0.451. The Hall–Kier alpha value is 5.25. The van der Waals surface area contributed by atoms with E-state index in [1.54, 1.807) is 0 Å². The summed E-state index contributed by atoms with van der Waals surface area (Å²) in [5.41, 5.74) is 0. The lowest BCUT2D eigenvalue weighted by molar-refractivity contribution is 0.412. The van der Waals surface area contributed by atoms with Crippen LogP contribution in [0, 0.1) is 5.92 Å². The second-order valence-electron chi connectivity index (χ2n) is 6.88. The van der Waals surface area contributed by atoms with Gasteiger partial charge < -0.3 is 0 Å². The highest BCUT2D eigenvalue weighted by Crippen LogP contribution is 2.39. The Labute approximate surface area is 278 Å². The van der Waals surface area contributed by atoms with Gasteiger partial charge in [0.25, 0.3) is 0 Å². The molecule has 0 aliphatic rings. The van der Waals surface area contributed by atoms with E-state index in [1.807, 2.05) is 70.6 Å². The van der Waals surface area contributed by atoms with Gasteiger partial charge >= 0.3 is 0 Å². The number of thiol groups is 9. The summed E-state index contributed by atoms with van der Waals surface area (Å²) in [5, 5.41) is 5.83. The molecule has 200 valence electrons. The van der Waals surface area contributed by atoms with Gasteiger partial charge in [-0.15, -0.1) is 70.6 Å². The third kappa shape index (κ3) is 20.7. The highest BCUT2D eigenvalue weighted by Gasteiger charge is 2.28. The maximum absolute atomic E-state index is 5.13. The van der Waals surface area contributed by atoms with Crippen LogP contribution in [0.15, 0.2) is 0 Å². The monoisotopic (exact) mass is 734 g/mol. The van der Waals surface area contributed by atoms with Gasteiger partial charge in [-0.2, -0.15) is 114 Å². The van der Waals surface area contributed by atoms with Crippen molar-refractivity contribution in [2.45, 2.75) is 61.6 Å². The standard InChI is InChI=1S/C18H38S15/c19-6-28-16(29-7-20)3-13(25)1-12(15(27)5-18(32-10-23)33-11-24)2-14(26)4-17(30-8-21)31-9-22/h12-27H,1-11H2. The maximum atomic E-state index is 5.13. The molecule has 0 N–H and O–H groups in total. The average Bonchev–Trinajstić information content (AvgIpc) is 2.74. The number of thioether (sulfide) groups is 6. The van der Waals surface area contributed by atoms with Crippen LogP contribution < -0.4 is 0 Å². The molecule has 15 heteroatoms. The molecule has 0 rings (SSSR count). The summed E-state index contributed by atoms with van der Waals surface area (Å²) in [7, 11) is 0. The Kier molecular flexibility index (Phi) is 30.3. The SMILES string of the molecule is SCSC(CC(S)CC(CC(S)CC(SCS)SCS)C(S)CC(SCS)SCS)SCS. The first-order valence-corrected chi connectivity index (χ1v) is 21.9. The van der Waals surface area contributed by atoms with E-state index in [-0.39, 0.29) is 0 Å². The largest absolute Gasteiger partial charge is 0.176 e. The summed E-state index contributed by atoms with van der Waals surface area (Å²) in [6.07, 6.45) is 5.20. The predicted molar refractivity (Wildman–Crippen MR) is 205 cm³/mol. The van der Waals surface area contributed by atoms with Crippen molar-refractivity contribution in [1.29, 1.82) is 0 Å². The summed E-state index contributed by atoms with van der Waals surface area (Å²) < 4.78 is 1.41. The quantitative estimate of drug-likeness (QED) is 0.0377. The van der Waals surface area contributed by atoms with Crippen molar-refractivity contribution < 1.29 is 0 Å². The van der Waals surface area contributed by atoms with E-state index in [4.69, 9.17) is 37.9 Å². The van der Waals surface area contributed by atoms with Crippen molar-refractivity contribution >= 4 is 184 Å². The van der Waals surface area contributed by atoms with Gasteiger partial charge in [-0.05, 0) is 38.0 Å². The van der Waals surface area contributed by atoms with Crippen LogP contribution >= 0.6 is 184 Å². The van der Waals surface area contributed by atoms with Gasteiger partial charge in [0.1, 0.15) is 0 Å². The molecule has 0 aromatic carbocycles. The molecule has 3 atom stereocenters. The number of hydrogen-bond donors (Lipinski definition) is 9. The molecule has 33 heavy (non-hydrogen) atoms. The summed E-state index contributed by atoms with van der Waals surface area (Å²) >= 11 is 52.9. The molecule has 3 unspecified atom stereocenters. The molecule has 0 aliphatic heterocycles. The van der Waals surface area contributed by atoms with Crippen molar-refractivity contribution in [2.24, 2.45) is 5.92 Å². The van der Waals surface area contributed by atoms with Crippen LogP contribution in [-0.4, -0.2) is 60.0 Å². The molecule has 0 amide bonds. The third-order valence-corrected chi connectivity index (χ3v) is 15.5. The van der Waals surface area contributed by atoms with Gasteiger partial charge in [0.2, 0.25) is 0 Å². The minimum absolute atomic E-state index is 0.293. The summed E-state index contributed by atoms with van der Waals surface area (Å²) in [6, 6.07) is 0. The van der Waals surface area contributed by atoms with Crippen molar-refractivity contribution in [1.82, 2.24) is 0 Å². The Morgan fingerprint density at radius 3 is 0.939 bits per heavy atom. The zero-order valence-electron chi connectivity index (χ0n) is 18.3. The lowest BCUT2D eigenvalue weighted by Gasteiger charge is -2.31. The lowest BCUT2D eigenvalue weighted by atomic mass is 9.90. The van der Waals surface area contributed by atoms with Crippen molar-refractivity contribution in [3.63, 3.8) is 0 Å². The van der Waals surface area contributed by atoms with Gasteiger partial charge in [-0.25, -0.2) is 0 Å². The van der Waals surface area contributed by atoms with Gasteiger partial charge in [-0.1, -0.05) is 0 Å². The van der Waals surface area contributed by atoms with Crippen molar-refractivity contribution in [2.75, 3.05) is 30.5 Å². The van der Waals surface area contributed by atoms with Crippen LogP contribution in [0.1, 0.15) is 32.1 Å². The van der Waals surface area contributed by atoms with E-state index in [9.17, 15) is 0 Å². The molecule has 0 bridgehead atoms. The summed E-state index contributed by atoms with van der Waals surface area (Å²) in [6.45, 7) is 0. The second-order valence-corrected chi connectivity index (χ2v) is 21.5. The Balaban J connectivity index is 5.25. The Morgan fingerprint density at radius 2 is 0.667 bits per heavy atom. The van der Waals surface area contributed by atoms with E-state index in [1.165, 1.54) is 0 Å². The lowest BCUT2D eigenvalue weighted by Crippen LogP contribution is -2.26. The van der Waals surface area contributed by atoms with Gasteiger partial charge in [-0.3, -0.25) is 0 Å². The zero-order chi connectivity index (χ0) is 25.1. The van der Waals surface area contributed by atoms with Crippen LogP contribution in [0.5, 0.6) is 0 Å². The molecule has 0 spiro atoms. The fraction of sp³-hybridized carbons (Fsp3) is 1.00. The third-order valence-electron chi connectivity index (χ3n) is 4.62. The molecule has 0 aromatic rings. The molecule has 0 nitrogen and oxygen atoms in total. The smallest absolute Gasteiger partial charge is 0.0529 e. The normalized spacial score (nSPS) is 16.0. The molecule has 0 saturated heterocycles. The minimum atomic E-state index is 0.293. The molecule has 0 heterocycles.